The average molecular weight is 250 g/mol. The predicted molar refractivity (Wildman–Crippen MR) is 64.7 cm³/mol. The maximum atomic E-state index is 11.6. The van der Waals surface area contributed by atoms with E-state index in [2.05, 4.69) is 5.32 Å². The topological polar surface area (TPSA) is 89.3 Å². The first-order valence-corrected chi connectivity index (χ1v) is 7.34. The molecule has 0 heterocycles. The molecule has 0 aromatic heterocycles. The predicted octanol–water partition coefficient (Wildman–Crippen LogP) is -0.232. The molecule has 0 saturated heterocycles. The molecule has 0 bridgehead atoms. The molecule has 96 valence electrons. The summed E-state index contributed by atoms with van der Waals surface area (Å²) in [5.41, 5.74) is 5.48. The second-order valence-corrected chi connectivity index (χ2v) is 6.59. The van der Waals surface area contributed by atoms with Crippen molar-refractivity contribution in [1.82, 2.24) is 5.32 Å². The van der Waals surface area contributed by atoms with Gasteiger partial charge < -0.3 is 11.1 Å². The van der Waals surface area contributed by atoms with Crippen LogP contribution in [0.4, 0.5) is 0 Å². The summed E-state index contributed by atoms with van der Waals surface area (Å²) >= 11 is 0. The lowest BCUT2D eigenvalue weighted by atomic mass is 9.95. The summed E-state index contributed by atoms with van der Waals surface area (Å²) in [6.07, 6.45) is 0. The molecule has 0 aromatic rings. The average Bonchev–Trinajstić information content (AvgIpc) is 2.18. The van der Waals surface area contributed by atoms with E-state index in [0.717, 1.165) is 0 Å². The molecule has 0 aliphatic heterocycles. The first kappa shape index (κ1) is 15.4. The minimum Gasteiger partial charge on any atom is -0.355 e. The number of carbonyl (C=O) groups excluding carboxylic acids is 1. The van der Waals surface area contributed by atoms with Crippen molar-refractivity contribution < 1.29 is 13.2 Å². The molecular weight excluding hydrogens is 228 g/mol. The number of nitrogens with one attached hydrogen (secondary N) is 1. The van der Waals surface area contributed by atoms with Crippen molar-refractivity contribution in [2.75, 3.05) is 24.6 Å². The number of hydrogen-bond acceptors (Lipinski definition) is 4. The monoisotopic (exact) mass is 250 g/mol. The van der Waals surface area contributed by atoms with Gasteiger partial charge in [0.05, 0.1) is 11.7 Å². The van der Waals surface area contributed by atoms with Crippen LogP contribution in [0, 0.1) is 11.8 Å². The number of hydrogen-bond donors (Lipinski definition) is 2. The minimum atomic E-state index is -3.01. The van der Waals surface area contributed by atoms with Crippen LogP contribution in [0.5, 0.6) is 0 Å². The zero-order valence-corrected chi connectivity index (χ0v) is 11.0. The van der Waals surface area contributed by atoms with Gasteiger partial charge in [-0.2, -0.15) is 0 Å². The summed E-state index contributed by atoms with van der Waals surface area (Å²) in [6.45, 7) is 5.87. The van der Waals surface area contributed by atoms with Crippen LogP contribution in [-0.4, -0.2) is 38.9 Å². The van der Waals surface area contributed by atoms with Crippen molar-refractivity contribution in [3.63, 3.8) is 0 Å². The highest BCUT2D eigenvalue weighted by atomic mass is 32.2. The Kier molecular flexibility index (Phi) is 6.59. The highest BCUT2D eigenvalue weighted by molar-refractivity contribution is 7.91. The molecule has 0 radical (unpaired) electrons. The molecule has 0 saturated carbocycles. The summed E-state index contributed by atoms with van der Waals surface area (Å²) in [6, 6.07) is 0. The van der Waals surface area contributed by atoms with Crippen LogP contribution in [0.15, 0.2) is 0 Å². The summed E-state index contributed by atoms with van der Waals surface area (Å²) in [7, 11) is -3.01. The van der Waals surface area contributed by atoms with E-state index in [1.54, 1.807) is 6.92 Å². The molecule has 6 heteroatoms. The first-order chi connectivity index (χ1) is 7.34. The van der Waals surface area contributed by atoms with E-state index in [4.69, 9.17) is 5.73 Å². The zero-order valence-electron chi connectivity index (χ0n) is 10.2. The normalized spacial score (nSPS) is 13.8. The van der Waals surface area contributed by atoms with E-state index in [9.17, 15) is 13.2 Å². The molecule has 0 aliphatic carbocycles. The number of amides is 1. The van der Waals surface area contributed by atoms with Gasteiger partial charge in [0, 0.05) is 18.8 Å². The lowest BCUT2D eigenvalue weighted by molar-refractivity contribution is -0.125. The van der Waals surface area contributed by atoms with Gasteiger partial charge >= 0.3 is 0 Å². The van der Waals surface area contributed by atoms with Crippen molar-refractivity contribution in [3.8, 4) is 0 Å². The molecule has 0 spiro atoms. The summed E-state index contributed by atoms with van der Waals surface area (Å²) in [4.78, 5) is 11.6. The largest absolute Gasteiger partial charge is 0.355 e. The van der Waals surface area contributed by atoms with Crippen molar-refractivity contribution in [3.05, 3.63) is 0 Å². The number of carbonyl (C=O) groups is 1. The van der Waals surface area contributed by atoms with Gasteiger partial charge in [0.1, 0.15) is 0 Å². The molecule has 0 aliphatic rings. The maximum Gasteiger partial charge on any atom is 0.224 e. The van der Waals surface area contributed by atoms with Crippen LogP contribution in [0.2, 0.25) is 0 Å². The van der Waals surface area contributed by atoms with Gasteiger partial charge in [-0.1, -0.05) is 20.8 Å². The fourth-order valence-corrected chi connectivity index (χ4v) is 1.99. The van der Waals surface area contributed by atoms with E-state index < -0.39 is 9.84 Å². The molecule has 3 N–H and O–H groups in total. The number of sulfone groups is 1. The molecule has 5 nitrogen and oxygen atoms in total. The molecule has 16 heavy (non-hydrogen) atoms. The third-order valence-electron chi connectivity index (χ3n) is 2.55. The Hall–Kier alpha value is -0.620. The molecule has 0 fully saturated rings. The van der Waals surface area contributed by atoms with Crippen LogP contribution < -0.4 is 11.1 Å². The summed E-state index contributed by atoms with van der Waals surface area (Å²) in [5, 5.41) is 2.61. The molecule has 1 unspecified atom stereocenters. The van der Waals surface area contributed by atoms with Crippen LogP contribution in [0.25, 0.3) is 0 Å². The first-order valence-electron chi connectivity index (χ1n) is 5.52. The Morgan fingerprint density at radius 1 is 1.38 bits per heavy atom. The Bertz CT molecular complexity index is 312. The van der Waals surface area contributed by atoms with E-state index in [1.165, 1.54) is 0 Å². The van der Waals surface area contributed by atoms with Crippen LogP contribution >= 0.6 is 0 Å². The van der Waals surface area contributed by atoms with Gasteiger partial charge in [0.25, 0.3) is 0 Å². The highest BCUT2D eigenvalue weighted by Gasteiger charge is 2.20. The van der Waals surface area contributed by atoms with E-state index in [0.29, 0.717) is 0 Å². The van der Waals surface area contributed by atoms with Gasteiger partial charge in [-0.15, -0.1) is 0 Å². The Labute approximate surface area is 97.7 Å². The van der Waals surface area contributed by atoms with Gasteiger partial charge in [0.2, 0.25) is 5.91 Å². The quantitative estimate of drug-likeness (QED) is 0.653. The van der Waals surface area contributed by atoms with E-state index >= 15 is 0 Å². The van der Waals surface area contributed by atoms with Gasteiger partial charge in [-0.3, -0.25) is 4.79 Å². The van der Waals surface area contributed by atoms with Crippen LogP contribution in [0.1, 0.15) is 20.8 Å². The van der Waals surface area contributed by atoms with E-state index in [1.807, 2.05) is 13.8 Å². The van der Waals surface area contributed by atoms with Crippen LogP contribution in [-0.2, 0) is 14.6 Å². The SMILES string of the molecule is CCS(=O)(=O)CCNC(=O)C(CN)C(C)C. The van der Waals surface area contributed by atoms with Gasteiger partial charge in [0.15, 0.2) is 9.84 Å². The Balaban J connectivity index is 4.08. The van der Waals surface area contributed by atoms with Crippen molar-refractivity contribution in [2.24, 2.45) is 17.6 Å². The standard InChI is InChI=1S/C10H22N2O3S/c1-4-16(14,15)6-5-12-10(13)9(7-11)8(2)3/h8-9H,4-7,11H2,1-3H3,(H,12,13). The van der Waals surface area contributed by atoms with Crippen molar-refractivity contribution >= 4 is 15.7 Å². The smallest absolute Gasteiger partial charge is 0.224 e. The lowest BCUT2D eigenvalue weighted by Crippen LogP contribution is -2.39. The molecule has 0 aromatic carbocycles. The Morgan fingerprint density at radius 3 is 2.31 bits per heavy atom. The zero-order chi connectivity index (χ0) is 12.8. The molecule has 0 rings (SSSR count). The van der Waals surface area contributed by atoms with Gasteiger partial charge in [-0.05, 0) is 5.92 Å². The third-order valence-corrected chi connectivity index (χ3v) is 4.25. The number of nitrogens with two attached hydrogens (primary N) is 1. The molecule has 1 amide bonds. The van der Waals surface area contributed by atoms with Crippen molar-refractivity contribution in [1.29, 1.82) is 0 Å². The maximum absolute atomic E-state index is 11.6. The molecule has 1 atom stereocenters. The second kappa shape index (κ2) is 6.85. The lowest BCUT2D eigenvalue weighted by Gasteiger charge is -2.18. The van der Waals surface area contributed by atoms with E-state index in [-0.39, 0.29) is 42.3 Å². The van der Waals surface area contributed by atoms with Crippen LogP contribution in [0.3, 0.4) is 0 Å². The van der Waals surface area contributed by atoms with Crippen molar-refractivity contribution in [2.45, 2.75) is 20.8 Å². The second-order valence-electron chi connectivity index (χ2n) is 4.11. The summed E-state index contributed by atoms with van der Waals surface area (Å²) in [5.74, 6) is -0.154. The van der Waals surface area contributed by atoms with Gasteiger partial charge in [-0.25, -0.2) is 8.42 Å². The fourth-order valence-electron chi connectivity index (χ4n) is 1.29. The highest BCUT2D eigenvalue weighted by Crippen LogP contribution is 2.08. The summed E-state index contributed by atoms with van der Waals surface area (Å²) < 4.78 is 22.4. The minimum absolute atomic E-state index is 0.00930. The third kappa shape index (κ3) is 5.46. The fraction of sp³-hybridized carbons (Fsp3) is 0.900. The Morgan fingerprint density at radius 2 is 1.94 bits per heavy atom. The molecular formula is C10H22N2O3S. The number of rotatable bonds is 7.